The quantitative estimate of drug-likeness (QED) is 0.368. The number of piperidine rings is 1. The summed E-state index contributed by atoms with van der Waals surface area (Å²) in [6, 6.07) is 24.8. The van der Waals surface area contributed by atoms with E-state index < -0.39 is 0 Å². The van der Waals surface area contributed by atoms with Gasteiger partial charge in [0, 0.05) is 30.7 Å². The fourth-order valence-corrected chi connectivity index (χ4v) is 6.26. The molecular weight excluding hydrogens is 467 g/mol. The summed E-state index contributed by atoms with van der Waals surface area (Å²) >= 11 is 7.83. The van der Waals surface area contributed by atoms with Gasteiger partial charge in [-0.2, -0.15) is 0 Å². The van der Waals surface area contributed by atoms with Crippen LogP contribution in [-0.4, -0.2) is 34.8 Å². The first-order valence-electron chi connectivity index (χ1n) is 11.6. The minimum Gasteiger partial charge on any atom is -0.319 e. The summed E-state index contributed by atoms with van der Waals surface area (Å²) in [5.41, 5.74) is 3.02. The topological polar surface area (TPSA) is 23.6 Å². The molecule has 0 radical (unpaired) electrons. The summed E-state index contributed by atoms with van der Waals surface area (Å²) in [5, 5.41) is 0.516. The van der Waals surface area contributed by atoms with Crippen molar-refractivity contribution in [2.75, 3.05) is 13.1 Å². The van der Waals surface area contributed by atoms with Crippen molar-refractivity contribution < 1.29 is 9.18 Å². The Morgan fingerprint density at radius 3 is 2.47 bits per heavy atom. The van der Waals surface area contributed by atoms with Gasteiger partial charge < -0.3 is 4.90 Å². The molecule has 6 heteroatoms. The normalized spacial score (nSPS) is 20.9. The first kappa shape index (κ1) is 23.2. The van der Waals surface area contributed by atoms with Crippen molar-refractivity contribution in [3.05, 3.63) is 111 Å². The van der Waals surface area contributed by atoms with E-state index in [1.165, 1.54) is 29.5 Å². The SMILES string of the molecule is O=C1C(=Cc2cccc(F)c2)SC(c2cccc(Cl)c2)N1C1CCN(Cc2ccccc2)CC1. The molecule has 3 aromatic rings. The van der Waals surface area contributed by atoms with Crippen LogP contribution in [0.1, 0.15) is 34.9 Å². The van der Waals surface area contributed by atoms with E-state index in [0.717, 1.165) is 38.0 Å². The fourth-order valence-electron chi connectivity index (χ4n) is 4.75. The van der Waals surface area contributed by atoms with E-state index in [9.17, 15) is 9.18 Å². The lowest BCUT2D eigenvalue weighted by molar-refractivity contribution is -0.129. The Labute approximate surface area is 209 Å². The Hall–Kier alpha value is -2.60. The van der Waals surface area contributed by atoms with Crippen LogP contribution in [0.3, 0.4) is 0 Å². The molecule has 34 heavy (non-hydrogen) atoms. The maximum atomic E-state index is 13.7. The number of rotatable bonds is 5. The highest BCUT2D eigenvalue weighted by Gasteiger charge is 2.42. The van der Waals surface area contributed by atoms with Gasteiger partial charge in [-0.15, -0.1) is 0 Å². The third-order valence-electron chi connectivity index (χ3n) is 6.42. The molecule has 3 nitrogen and oxygen atoms in total. The van der Waals surface area contributed by atoms with Gasteiger partial charge in [-0.05, 0) is 59.9 Å². The molecule has 3 aromatic carbocycles. The highest BCUT2D eigenvalue weighted by molar-refractivity contribution is 8.04. The molecule has 174 valence electrons. The van der Waals surface area contributed by atoms with Crippen LogP contribution >= 0.6 is 23.4 Å². The van der Waals surface area contributed by atoms with Crippen molar-refractivity contribution in [2.45, 2.75) is 30.8 Å². The van der Waals surface area contributed by atoms with E-state index >= 15 is 0 Å². The van der Waals surface area contributed by atoms with Crippen LogP contribution in [0.5, 0.6) is 0 Å². The molecular formula is C28H26ClFN2OS. The third kappa shape index (κ3) is 5.22. The molecule has 0 aromatic heterocycles. The molecule has 5 rings (SSSR count). The zero-order chi connectivity index (χ0) is 23.5. The lowest BCUT2D eigenvalue weighted by Gasteiger charge is -2.39. The molecule has 0 saturated carbocycles. The third-order valence-corrected chi connectivity index (χ3v) is 7.92. The molecule has 1 atom stereocenters. The van der Waals surface area contributed by atoms with Gasteiger partial charge in [-0.1, -0.05) is 78.0 Å². The summed E-state index contributed by atoms with van der Waals surface area (Å²) in [4.78, 5) is 18.8. The van der Waals surface area contributed by atoms with Crippen LogP contribution in [-0.2, 0) is 11.3 Å². The van der Waals surface area contributed by atoms with Crippen LogP contribution in [0, 0.1) is 5.82 Å². The number of thioether (sulfide) groups is 1. The molecule has 2 aliphatic heterocycles. The van der Waals surface area contributed by atoms with E-state index in [0.29, 0.717) is 15.5 Å². The van der Waals surface area contributed by atoms with Crippen LogP contribution in [0.4, 0.5) is 4.39 Å². The van der Waals surface area contributed by atoms with Crippen molar-refractivity contribution in [1.29, 1.82) is 0 Å². The maximum Gasteiger partial charge on any atom is 0.261 e. The highest BCUT2D eigenvalue weighted by Crippen LogP contribution is 2.48. The summed E-state index contributed by atoms with van der Waals surface area (Å²) in [6.45, 7) is 2.82. The average Bonchev–Trinajstić information content (AvgIpc) is 3.16. The van der Waals surface area contributed by atoms with E-state index in [2.05, 4.69) is 29.2 Å². The van der Waals surface area contributed by atoms with Gasteiger partial charge >= 0.3 is 0 Å². The molecule has 0 bridgehead atoms. The van der Waals surface area contributed by atoms with Crippen LogP contribution in [0.25, 0.3) is 6.08 Å². The van der Waals surface area contributed by atoms with Crippen molar-refractivity contribution in [3.8, 4) is 0 Å². The van der Waals surface area contributed by atoms with Crippen LogP contribution in [0.2, 0.25) is 5.02 Å². The van der Waals surface area contributed by atoms with Gasteiger partial charge in [0.25, 0.3) is 5.91 Å². The molecule has 2 fully saturated rings. The maximum absolute atomic E-state index is 13.7. The lowest BCUT2D eigenvalue weighted by atomic mass is 10.0. The van der Waals surface area contributed by atoms with Crippen molar-refractivity contribution in [3.63, 3.8) is 0 Å². The predicted molar refractivity (Wildman–Crippen MR) is 138 cm³/mol. The number of amides is 1. The fraction of sp³-hybridized carbons (Fsp3) is 0.250. The number of hydrogen-bond acceptors (Lipinski definition) is 3. The molecule has 1 amide bonds. The largest absolute Gasteiger partial charge is 0.319 e. The van der Waals surface area contributed by atoms with Crippen molar-refractivity contribution >= 4 is 35.3 Å². The molecule has 2 aliphatic rings. The number of likely N-dealkylation sites (tertiary alicyclic amines) is 1. The molecule has 1 unspecified atom stereocenters. The highest BCUT2D eigenvalue weighted by atomic mass is 35.5. The Balaban J connectivity index is 1.37. The second-order valence-electron chi connectivity index (χ2n) is 8.79. The van der Waals surface area contributed by atoms with E-state index in [1.807, 2.05) is 41.3 Å². The summed E-state index contributed by atoms with van der Waals surface area (Å²) in [6.07, 6.45) is 3.64. The molecule has 2 heterocycles. The van der Waals surface area contributed by atoms with E-state index in [4.69, 9.17) is 11.6 Å². The monoisotopic (exact) mass is 492 g/mol. The average molecular weight is 493 g/mol. The summed E-state index contributed by atoms with van der Waals surface area (Å²) in [7, 11) is 0. The van der Waals surface area contributed by atoms with E-state index in [-0.39, 0.29) is 23.1 Å². The second-order valence-corrected chi connectivity index (χ2v) is 10.4. The van der Waals surface area contributed by atoms with Gasteiger partial charge in [0.2, 0.25) is 0 Å². The van der Waals surface area contributed by atoms with Crippen molar-refractivity contribution in [2.24, 2.45) is 0 Å². The second kappa shape index (κ2) is 10.3. The minimum atomic E-state index is -0.307. The standard InChI is InChI=1S/C28H26ClFN2OS/c29-23-10-5-9-22(18-23)28-32(27(33)26(34-28)17-21-8-4-11-24(30)16-21)25-12-14-31(15-13-25)19-20-6-2-1-3-7-20/h1-11,16-18,25,28H,12-15,19H2. The van der Waals surface area contributed by atoms with Gasteiger partial charge in [0.15, 0.2) is 0 Å². The molecule has 0 aliphatic carbocycles. The number of nitrogens with zero attached hydrogens (tertiary/aromatic N) is 2. The summed E-state index contributed by atoms with van der Waals surface area (Å²) < 4.78 is 13.7. The smallest absolute Gasteiger partial charge is 0.261 e. The molecule has 0 N–H and O–H groups in total. The van der Waals surface area contributed by atoms with E-state index in [1.54, 1.807) is 12.1 Å². The molecule has 0 spiro atoms. The van der Waals surface area contributed by atoms with Gasteiger partial charge in [-0.3, -0.25) is 9.69 Å². The Kier molecular flexibility index (Phi) is 7.05. The number of carbonyl (C=O) groups excluding carboxylic acids is 1. The van der Waals surface area contributed by atoms with Crippen LogP contribution < -0.4 is 0 Å². The Morgan fingerprint density at radius 1 is 0.971 bits per heavy atom. The number of halogens is 2. The zero-order valence-electron chi connectivity index (χ0n) is 18.7. The zero-order valence-corrected chi connectivity index (χ0v) is 20.3. The van der Waals surface area contributed by atoms with Crippen molar-refractivity contribution in [1.82, 2.24) is 9.80 Å². The number of carbonyl (C=O) groups is 1. The molecule has 2 saturated heterocycles. The summed E-state index contributed by atoms with van der Waals surface area (Å²) in [5.74, 6) is -0.292. The number of benzene rings is 3. The predicted octanol–water partition coefficient (Wildman–Crippen LogP) is 6.76. The first-order chi connectivity index (χ1) is 16.6. The van der Waals surface area contributed by atoms with Gasteiger partial charge in [0.05, 0.1) is 4.91 Å². The van der Waals surface area contributed by atoms with Gasteiger partial charge in [-0.25, -0.2) is 4.39 Å². The minimum absolute atomic E-state index is 0.0146. The lowest BCUT2D eigenvalue weighted by Crippen LogP contribution is -2.46. The number of hydrogen-bond donors (Lipinski definition) is 0. The first-order valence-corrected chi connectivity index (χ1v) is 12.8. The Bertz CT molecular complexity index is 1190. The van der Waals surface area contributed by atoms with Gasteiger partial charge in [0.1, 0.15) is 11.2 Å². The van der Waals surface area contributed by atoms with Crippen LogP contribution in [0.15, 0.2) is 83.8 Å². The Morgan fingerprint density at radius 2 is 1.74 bits per heavy atom.